The van der Waals surface area contributed by atoms with Gasteiger partial charge in [0.25, 0.3) is 0 Å². The minimum atomic E-state index is 0.260. The highest BCUT2D eigenvalue weighted by molar-refractivity contribution is 7.19. The van der Waals surface area contributed by atoms with E-state index in [1.54, 1.807) is 24.9 Å². The van der Waals surface area contributed by atoms with Crippen molar-refractivity contribution in [2.45, 2.75) is 51.1 Å². The topological polar surface area (TPSA) is 94.3 Å². The van der Waals surface area contributed by atoms with Crippen molar-refractivity contribution in [3.63, 3.8) is 0 Å². The Balaban J connectivity index is 1.45. The minimum absolute atomic E-state index is 0.260. The SMILES string of the molecule is c1cnc(-c2nc(NC3CCc4ncnn4C3)c3c4c(sc3n2)CCCC4)cn1. The quantitative estimate of drug-likeness (QED) is 0.561. The largest absolute Gasteiger partial charge is 0.365 e. The van der Waals surface area contributed by atoms with Crippen molar-refractivity contribution in [2.24, 2.45) is 0 Å². The molecule has 0 spiro atoms. The average molecular weight is 405 g/mol. The summed E-state index contributed by atoms with van der Waals surface area (Å²) in [4.78, 5) is 25.2. The van der Waals surface area contributed by atoms with E-state index in [-0.39, 0.29) is 6.04 Å². The first-order valence-corrected chi connectivity index (χ1v) is 10.9. The first-order valence-electron chi connectivity index (χ1n) is 10.1. The van der Waals surface area contributed by atoms with E-state index in [9.17, 15) is 0 Å². The number of hydrogen-bond acceptors (Lipinski definition) is 8. The molecule has 0 bridgehead atoms. The van der Waals surface area contributed by atoms with Crippen LogP contribution in [0.4, 0.5) is 5.82 Å². The van der Waals surface area contributed by atoms with Gasteiger partial charge in [-0.2, -0.15) is 5.10 Å². The lowest BCUT2D eigenvalue weighted by Gasteiger charge is -2.25. The number of hydrogen-bond donors (Lipinski definition) is 1. The highest BCUT2D eigenvalue weighted by Crippen LogP contribution is 2.39. The van der Waals surface area contributed by atoms with Gasteiger partial charge in [0.05, 0.1) is 18.1 Å². The monoisotopic (exact) mass is 404 g/mol. The molecule has 1 N–H and O–H groups in total. The van der Waals surface area contributed by atoms with Crippen LogP contribution in [0.3, 0.4) is 0 Å². The fourth-order valence-electron chi connectivity index (χ4n) is 4.34. The van der Waals surface area contributed by atoms with Gasteiger partial charge in [-0.15, -0.1) is 11.3 Å². The molecule has 0 saturated heterocycles. The van der Waals surface area contributed by atoms with Gasteiger partial charge in [-0.25, -0.2) is 24.6 Å². The van der Waals surface area contributed by atoms with Gasteiger partial charge in [0.1, 0.15) is 28.5 Å². The number of thiophene rings is 1. The van der Waals surface area contributed by atoms with Crippen molar-refractivity contribution in [2.75, 3.05) is 5.32 Å². The van der Waals surface area contributed by atoms with Crippen molar-refractivity contribution in [1.82, 2.24) is 34.7 Å². The summed E-state index contributed by atoms with van der Waals surface area (Å²) in [6, 6.07) is 0.260. The Labute approximate surface area is 171 Å². The zero-order valence-corrected chi connectivity index (χ0v) is 16.7. The van der Waals surface area contributed by atoms with E-state index in [0.717, 1.165) is 48.7 Å². The molecule has 4 aromatic rings. The Morgan fingerprint density at radius 3 is 2.97 bits per heavy atom. The third kappa shape index (κ3) is 2.96. The van der Waals surface area contributed by atoms with Gasteiger partial charge in [0.2, 0.25) is 0 Å². The molecule has 0 radical (unpaired) electrons. The second kappa shape index (κ2) is 6.84. The van der Waals surface area contributed by atoms with E-state index in [1.807, 2.05) is 16.0 Å². The zero-order valence-electron chi connectivity index (χ0n) is 15.9. The number of rotatable bonds is 3. The fraction of sp³-hybridized carbons (Fsp3) is 0.400. The normalized spacial score (nSPS) is 18.4. The summed E-state index contributed by atoms with van der Waals surface area (Å²) in [5.41, 5.74) is 2.13. The molecule has 0 amide bonds. The lowest BCUT2D eigenvalue weighted by atomic mass is 9.97. The lowest BCUT2D eigenvalue weighted by molar-refractivity contribution is 0.441. The zero-order chi connectivity index (χ0) is 19.2. The maximum Gasteiger partial charge on any atom is 0.183 e. The first-order chi connectivity index (χ1) is 14.3. The second-order valence-electron chi connectivity index (χ2n) is 7.62. The van der Waals surface area contributed by atoms with E-state index < -0.39 is 0 Å². The summed E-state index contributed by atoms with van der Waals surface area (Å²) in [7, 11) is 0. The van der Waals surface area contributed by atoms with E-state index in [0.29, 0.717) is 11.5 Å². The average Bonchev–Trinajstić information content (AvgIpc) is 3.38. The van der Waals surface area contributed by atoms with Crippen LogP contribution in [-0.4, -0.2) is 40.7 Å². The Morgan fingerprint density at radius 2 is 2.03 bits per heavy atom. The van der Waals surface area contributed by atoms with Crippen LogP contribution in [-0.2, 0) is 25.8 Å². The molecule has 6 rings (SSSR count). The summed E-state index contributed by atoms with van der Waals surface area (Å²) < 4.78 is 1.99. The molecule has 0 aromatic carbocycles. The summed E-state index contributed by atoms with van der Waals surface area (Å²) >= 11 is 1.81. The summed E-state index contributed by atoms with van der Waals surface area (Å²) in [5, 5.41) is 9.27. The Morgan fingerprint density at radius 1 is 1.07 bits per heavy atom. The van der Waals surface area contributed by atoms with Gasteiger partial charge in [-0.05, 0) is 37.7 Å². The first kappa shape index (κ1) is 17.0. The molecule has 1 aliphatic heterocycles. The van der Waals surface area contributed by atoms with Crippen molar-refractivity contribution < 1.29 is 0 Å². The van der Waals surface area contributed by atoms with E-state index in [1.165, 1.54) is 28.7 Å². The Bertz CT molecular complexity index is 1180. The summed E-state index contributed by atoms with van der Waals surface area (Å²) in [5.74, 6) is 2.61. The molecule has 8 nitrogen and oxygen atoms in total. The summed E-state index contributed by atoms with van der Waals surface area (Å²) in [6.07, 6.45) is 13.4. The van der Waals surface area contributed by atoms with Crippen molar-refractivity contribution in [1.29, 1.82) is 0 Å². The number of aryl methyl sites for hydroxylation is 3. The molecular formula is C20H20N8S. The molecule has 2 aliphatic rings. The molecule has 0 saturated carbocycles. The van der Waals surface area contributed by atoms with Gasteiger partial charge in [-0.1, -0.05) is 0 Å². The van der Waals surface area contributed by atoms with Gasteiger partial charge in [0, 0.05) is 29.7 Å². The number of anilines is 1. The van der Waals surface area contributed by atoms with Gasteiger partial charge in [-0.3, -0.25) is 4.98 Å². The Kier molecular flexibility index (Phi) is 4.00. The second-order valence-corrected chi connectivity index (χ2v) is 8.70. The maximum absolute atomic E-state index is 4.93. The van der Waals surface area contributed by atoms with Crippen LogP contribution in [0.1, 0.15) is 35.5 Å². The Hall–Kier alpha value is -2.94. The van der Waals surface area contributed by atoms with Crippen LogP contribution in [0.25, 0.3) is 21.7 Å². The molecule has 29 heavy (non-hydrogen) atoms. The summed E-state index contributed by atoms with van der Waals surface area (Å²) in [6.45, 7) is 0.799. The minimum Gasteiger partial charge on any atom is -0.365 e. The molecule has 4 aromatic heterocycles. The predicted molar refractivity (Wildman–Crippen MR) is 111 cm³/mol. The lowest BCUT2D eigenvalue weighted by Crippen LogP contribution is -2.32. The van der Waals surface area contributed by atoms with Crippen molar-refractivity contribution in [3.8, 4) is 11.5 Å². The van der Waals surface area contributed by atoms with Crippen molar-refractivity contribution in [3.05, 3.63) is 41.2 Å². The maximum atomic E-state index is 4.93. The van der Waals surface area contributed by atoms with Crippen LogP contribution < -0.4 is 5.32 Å². The molecule has 146 valence electrons. The molecule has 0 fully saturated rings. The smallest absolute Gasteiger partial charge is 0.183 e. The fourth-order valence-corrected chi connectivity index (χ4v) is 5.60. The van der Waals surface area contributed by atoms with E-state index in [4.69, 9.17) is 9.97 Å². The van der Waals surface area contributed by atoms with Crippen LogP contribution >= 0.6 is 11.3 Å². The molecule has 5 heterocycles. The third-order valence-electron chi connectivity index (χ3n) is 5.75. The number of nitrogens with zero attached hydrogens (tertiary/aromatic N) is 7. The number of fused-ring (bicyclic) bond motifs is 4. The third-order valence-corrected chi connectivity index (χ3v) is 6.94. The number of aromatic nitrogens is 7. The van der Waals surface area contributed by atoms with E-state index in [2.05, 4.69) is 25.4 Å². The standard InChI is InChI=1S/C20H20N8S/c1-2-4-15-13(3-1)17-19(25-12-5-6-16-23-11-24-28(16)10-12)26-18(27-20(17)29-15)14-9-21-7-8-22-14/h7-9,11-12H,1-6,10H2,(H,25,26,27). The molecule has 1 atom stereocenters. The molecular weight excluding hydrogens is 384 g/mol. The molecule has 9 heteroatoms. The molecule has 1 aliphatic carbocycles. The van der Waals surface area contributed by atoms with Crippen LogP contribution in [0.5, 0.6) is 0 Å². The predicted octanol–water partition coefficient (Wildman–Crippen LogP) is 3.05. The van der Waals surface area contributed by atoms with Crippen LogP contribution in [0.2, 0.25) is 0 Å². The highest BCUT2D eigenvalue weighted by Gasteiger charge is 2.25. The molecule has 1 unspecified atom stereocenters. The van der Waals surface area contributed by atoms with Crippen LogP contribution in [0.15, 0.2) is 24.9 Å². The number of nitrogens with one attached hydrogen (secondary N) is 1. The highest BCUT2D eigenvalue weighted by atomic mass is 32.1. The van der Waals surface area contributed by atoms with Gasteiger partial charge >= 0.3 is 0 Å². The van der Waals surface area contributed by atoms with Gasteiger partial charge in [0.15, 0.2) is 5.82 Å². The van der Waals surface area contributed by atoms with Gasteiger partial charge < -0.3 is 5.32 Å². The van der Waals surface area contributed by atoms with E-state index >= 15 is 0 Å². The van der Waals surface area contributed by atoms with Crippen molar-refractivity contribution >= 4 is 27.4 Å². The van der Waals surface area contributed by atoms with Crippen LogP contribution in [0, 0.1) is 0 Å².